The number of ether oxygens (including phenoxy) is 1. The number of carbonyl (C=O) groups is 1. The third kappa shape index (κ3) is 3.95. The molecule has 1 atom stereocenters. The number of hydrogen-bond donors (Lipinski definition) is 1. The highest BCUT2D eigenvalue weighted by molar-refractivity contribution is 6.04. The zero-order valence-electron chi connectivity index (χ0n) is 15.1. The molecule has 4 aromatic rings. The van der Waals surface area contributed by atoms with Crippen LogP contribution in [0, 0.1) is 0 Å². The van der Waals surface area contributed by atoms with Gasteiger partial charge in [0.25, 0.3) is 0 Å². The Labute approximate surface area is 157 Å². The van der Waals surface area contributed by atoms with Crippen molar-refractivity contribution < 1.29 is 13.9 Å². The van der Waals surface area contributed by atoms with Gasteiger partial charge in [-0.2, -0.15) is 0 Å². The molecule has 27 heavy (non-hydrogen) atoms. The van der Waals surface area contributed by atoms with E-state index in [0.717, 1.165) is 39.5 Å². The molecule has 0 aliphatic carbocycles. The lowest BCUT2D eigenvalue weighted by atomic mass is 10.0. The first-order chi connectivity index (χ1) is 13.2. The van der Waals surface area contributed by atoms with Crippen LogP contribution in [0.1, 0.15) is 18.1 Å². The Kier molecular flexibility index (Phi) is 4.79. The van der Waals surface area contributed by atoms with Crippen LogP contribution in [0.2, 0.25) is 0 Å². The van der Waals surface area contributed by atoms with E-state index in [0.29, 0.717) is 0 Å². The molecule has 0 spiro atoms. The SMILES string of the molecule is C[C@@H](Cc1ccc2oc3ccccc3c2c1)NC(=O)OCc1ccccc1. The zero-order valence-corrected chi connectivity index (χ0v) is 15.1. The van der Waals surface area contributed by atoms with Crippen molar-refractivity contribution in [3.05, 3.63) is 83.9 Å². The molecule has 0 aliphatic heterocycles. The maximum absolute atomic E-state index is 12.0. The quantitative estimate of drug-likeness (QED) is 0.516. The third-order valence-electron chi connectivity index (χ3n) is 4.56. The van der Waals surface area contributed by atoms with E-state index in [4.69, 9.17) is 9.15 Å². The van der Waals surface area contributed by atoms with Gasteiger partial charge in [-0.1, -0.05) is 54.6 Å². The van der Waals surface area contributed by atoms with E-state index in [-0.39, 0.29) is 12.6 Å². The number of fused-ring (bicyclic) bond motifs is 3. The molecule has 4 heteroatoms. The summed E-state index contributed by atoms with van der Waals surface area (Å²) in [5.41, 5.74) is 3.88. The summed E-state index contributed by atoms with van der Waals surface area (Å²) in [7, 11) is 0. The second-order valence-corrected chi connectivity index (χ2v) is 6.74. The lowest BCUT2D eigenvalue weighted by Gasteiger charge is -2.14. The topological polar surface area (TPSA) is 51.5 Å². The van der Waals surface area contributed by atoms with Crippen molar-refractivity contribution >= 4 is 28.0 Å². The predicted octanol–water partition coefficient (Wildman–Crippen LogP) is 5.44. The van der Waals surface area contributed by atoms with Crippen LogP contribution >= 0.6 is 0 Å². The molecule has 0 aliphatic rings. The molecule has 4 nitrogen and oxygen atoms in total. The maximum atomic E-state index is 12.0. The number of hydrogen-bond acceptors (Lipinski definition) is 3. The maximum Gasteiger partial charge on any atom is 0.407 e. The number of benzene rings is 3. The average molecular weight is 359 g/mol. The van der Waals surface area contributed by atoms with Crippen LogP contribution in [0.4, 0.5) is 4.79 Å². The molecule has 3 aromatic carbocycles. The molecule has 1 heterocycles. The van der Waals surface area contributed by atoms with Crippen LogP contribution in [-0.4, -0.2) is 12.1 Å². The van der Waals surface area contributed by atoms with E-state index in [1.807, 2.05) is 67.6 Å². The number of carbonyl (C=O) groups excluding carboxylic acids is 1. The van der Waals surface area contributed by atoms with Gasteiger partial charge in [-0.05, 0) is 42.7 Å². The summed E-state index contributed by atoms with van der Waals surface area (Å²) in [6, 6.07) is 23.8. The van der Waals surface area contributed by atoms with E-state index >= 15 is 0 Å². The predicted molar refractivity (Wildman–Crippen MR) is 107 cm³/mol. The minimum Gasteiger partial charge on any atom is -0.456 e. The van der Waals surface area contributed by atoms with Crippen molar-refractivity contribution in [2.45, 2.75) is 26.0 Å². The van der Waals surface area contributed by atoms with E-state index in [1.54, 1.807) is 0 Å². The molecule has 1 aromatic heterocycles. The highest BCUT2D eigenvalue weighted by Gasteiger charge is 2.12. The summed E-state index contributed by atoms with van der Waals surface area (Å²) in [5.74, 6) is 0. The summed E-state index contributed by atoms with van der Waals surface area (Å²) in [4.78, 5) is 12.0. The first kappa shape index (κ1) is 17.2. The van der Waals surface area contributed by atoms with Gasteiger partial charge in [-0.25, -0.2) is 4.79 Å². The van der Waals surface area contributed by atoms with E-state index in [9.17, 15) is 4.79 Å². The fourth-order valence-corrected chi connectivity index (χ4v) is 3.27. The van der Waals surface area contributed by atoms with Gasteiger partial charge >= 0.3 is 6.09 Å². The Balaban J connectivity index is 1.39. The molecule has 136 valence electrons. The Hall–Kier alpha value is -3.27. The van der Waals surface area contributed by atoms with Gasteiger partial charge < -0.3 is 14.5 Å². The van der Waals surface area contributed by atoms with Gasteiger partial charge in [0, 0.05) is 16.8 Å². The lowest BCUT2D eigenvalue weighted by Crippen LogP contribution is -2.34. The summed E-state index contributed by atoms with van der Waals surface area (Å²) >= 11 is 0. The van der Waals surface area contributed by atoms with Crippen LogP contribution in [0.15, 0.2) is 77.2 Å². The number of amides is 1. The van der Waals surface area contributed by atoms with Crippen molar-refractivity contribution in [1.29, 1.82) is 0 Å². The molecular weight excluding hydrogens is 338 g/mol. The van der Waals surface area contributed by atoms with Crippen LogP contribution < -0.4 is 5.32 Å². The number of rotatable bonds is 5. The average Bonchev–Trinajstić information content (AvgIpc) is 3.05. The van der Waals surface area contributed by atoms with Crippen molar-refractivity contribution in [3.8, 4) is 0 Å². The van der Waals surface area contributed by atoms with Crippen LogP contribution in [0.25, 0.3) is 21.9 Å². The van der Waals surface area contributed by atoms with E-state index in [2.05, 4.69) is 17.4 Å². The fraction of sp³-hybridized carbons (Fsp3) is 0.174. The third-order valence-corrected chi connectivity index (χ3v) is 4.56. The molecule has 1 N–H and O–H groups in total. The van der Waals surface area contributed by atoms with Crippen molar-refractivity contribution in [3.63, 3.8) is 0 Å². The van der Waals surface area contributed by atoms with Crippen LogP contribution in [0.5, 0.6) is 0 Å². The smallest absolute Gasteiger partial charge is 0.407 e. The minimum absolute atomic E-state index is 0.0381. The molecule has 0 fully saturated rings. The first-order valence-electron chi connectivity index (χ1n) is 9.06. The zero-order chi connectivity index (χ0) is 18.6. The van der Waals surface area contributed by atoms with Crippen molar-refractivity contribution in [2.24, 2.45) is 0 Å². The fourth-order valence-electron chi connectivity index (χ4n) is 3.27. The molecule has 0 saturated heterocycles. The molecule has 4 rings (SSSR count). The van der Waals surface area contributed by atoms with Gasteiger partial charge in [0.05, 0.1) is 0 Å². The standard InChI is InChI=1S/C23H21NO3/c1-16(24-23(25)26-15-17-7-3-2-4-8-17)13-18-11-12-22-20(14-18)19-9-5-6-10-21(19)27-22/h2-12,14,16H,13,15H2,1H3,(H,24,25)/t16-/m0/s1. The summed E-state index contributed by atoms with van der Waals surface area (Å²) in [5, 5.41) is 5.10. The van der Waals surface area contributed by atoms with Gasteiger partial charge in [-0.15, -0.1) is 0 Å². The second kappa shape index (κ2) is 7.54. The molecule has 0 radical (unpaired) electrons. The number of para-hydroxylation sites is 1. The van der Waals surface area contributed by atoms with Crippen LogP contribution in [-0.2, 0) is 17.8 Å². The molecule has 1 amide bonds. The van der Waals surface area contributed by atoms with Crippen molar-refractivity contribution in [1.82, 2.24) is 5.32 Å². The Bertz CT molecular complexity index is 1070. The Morgan fingerprint density at radius 1 is 0.926 bits per heavy atom. The number of alkyl carbamates (subject to hydrolysis) is 1. The molecule has 0 unspecified atom stereocenters. The van der Waals surface area contributed by atoms with Crippen molar-refractivity contribution in [2.75, 3.05) is 0 Å². The minimum atomic E-state index is -0.402. The Morgan fingerprint density at radius 2 is 1.67 bits per heavy atom. The van der Waals surface area contributed by atoms with Crippen LogP contribution in [0.3, 0.4) is 0 Å². The lowest BCUT2D eigenvalue weighted by molar-refractivity contribution is 0.136. The highest BCUT2D eigenvalue weighted by Crippen LogP contribution is 2.29. The highest BCUT2D eigenvalue weighted by atomic mass is 16.5. The Morgan fingerprint density at radius 3 is 2.52 bits per heavy atom. The number of nitrogens with one attached hydrogen (secondary N) is 1. The van der Waals surface area contributed by atoms with E-state index < -0.39 is 6.09 Å². The molecule has 0 saturated carbocycles. The van der Waals surface area contributed by atoms with E-state index in [1.165, 1.54) is 0 Å². The number of furan rings is 1. The van der Waals surface area contributed by atoms with Gasteiger partial charge in [0.2, 0.25) is 0 Å². The van der Waals surface area contributed by atoms with Gasteiger partial charge in [0.15, 0.2) is 0 Å². The molecular formula is C23H21NO3. The first-order valence-corrected chi connectivity index (χ1v) is 9.06. The summed E-state index contributed by atoms with van der Waals surface area (Å²) < 4.78 is 11.1. The van der Waals surface area contributed by atoms with Gasteiger partial charge in [0.1, 0.15) is 17.8 Å². The normalized spacial score (nSPS) is 12.2. The summed E-state index contributed by atoms with van der Waals surface area (Å²) in [6.45, 7) is 2.24. The molecule has 0 bridgehead atoms. The monoisotopic (exact) mass is 359 g/mol. The van der Waals surface area contributed by atoms with Gasteiger partial charge in [-0.3, -0.25) is 0 Å². The largest absolute Gasteiger partial charge is 0.456 e. The second-order valence-electron chi connectivity index (χ2n) is 6.74. The summed E-state index contributed by atoms with van der Waals surface area (Å²) in [6.07, 6.45) is 0.316.